The van der Waals surface area contributed by atoms with E-state index in [9.17, 15) is 18.0 Å². The van der Waals surface area contributed by atoms with Crippen molar-refractivity contribution < 1.29 is 18.0 Å². The minimum absolute atomic E-state index is 0.0329. The highest BCUT2D eigenvalue weighted by atomic mass is 35.5. The molecule has 2 aromatic rings. The van der Waals surface area contributed by atoms with Gasteiger partial charge in [0.25, 0.3) is 0 Å². The lowest BCUT2D eigenvalue weighted by molar-refractivity contribution is -0.167. The van der Waals surface area contributed by atoms with Crippen molar-refractivity contribution in [2.24, 2.45) is 0 Å². The summed E-state index contributed by atoms with van der Waals surface area (Å²) in [5, 5.41) is 12.0. The summed E-state index contributed by atoms with van der Waals surface area (Å²) in [5.41, 5.74) is 0.170. The van der Waals surface area contributed by atoms with Crippen LogP contribution in [-0.4, -0.2) is 32.3 Å². The molecule has 0 radical (unpaired) electrons. The Bertz CT molecular complexity index is 598. The highest BCUT2D eigenvalue weighted by Gasteiger charge is 2.38. The number of aromatic nitrogens is 4. The number of tetrazole rings is 1. The summed E-state index contributed by atoms with van der Waals surface area (Å²) in [4.78, 5) is 10.8. The zero-order valence-electron chi connectivity index (χ0n) is 9.02. The smallest absolute Gasteiger partial charge is 0.317 e. The molecule has 1 N–H and O–H groups in total. The molecule has 0 saturated heterocycles. The number of halogens is 4. The van der Waals surface area contributed by atoms with Crippen molar-refractivity contribution in [2.75, 3.05) is 5.32 Å². The third-order valence-corrected chi connectivity index (χ3v) is 2.40. The minimum atomic E-state index is -4.99. The first-order valence-electron chi connectivity index (χ1n) is 4.79. The summed E-state index contributed by atoms with van der Waals surface area (Å²) < 4.78 is 37.7. The lowest BCUT2D eigenvalue weighted by Gasteiger charge is -2.10. The minimum Gasteiger partial charge on any atom is -0.317 e. The third-order valence-electron chi connectivity index (χ3n) is 2.07. The van der Waals surface area contributed by atoms with Crippen LogP contribution >= 0.6 is 11.6 Å². The number of hydrogen-bond acceptors (Lipinski definition) is 4. The van der Waals surface area contributed by atoms with Gasteiger partial charge in [0.15, 0.2) is 0 Å². The fourth-order valence-electron chi connectivity index (χ4n) is 1.22. The Morgan fingerprint density at radius 3 is 2.68 bits per heavy atom. The van der Waals surface area contributed by atoms with E-state index in [-0.39, 0.29) is 10.7 Å². The highest BCUT2D eigenvalue weighted by molar-refractivity contribution is 6.33. The Morgan fingerprint density at radius 1 is 1.37 bits per heavy atom. The Morgan fingerprint density at radius 2 is 2.11 bits per heavy atom. The van der Waals surface area contributed by atoms with Gasteiger partial charge in [0, 0.05) is 0 Å². The van der Waals surface area contributed by atoms with Crippen LogP contribution in [0, 0.1) is 0 Å². The van der Waals surface area contributed by atoms with E-state index in [1.807, 2.05) is 0 Å². The molecule has 2 rings (SSSR count). The fourth-order valence-corrected chi connectivity index (χ4v) is 1.39. The quantitative estimate of drug-likeness (QED) is 0.916. The predicted molar refractivity (Wildman–Crippen MR) is 58.8 cm³/mol. The van der Waals surface area contributed by atoms with Gasteiger partial charge in [-0.2, -0.15) is 13.2 Å². The maximum Gasteiger partial charge on any atom is 0.471 e. The van der Waals surface area contributed by atoms with Gasteiger partial charge < -0.3 is 5.32 Å². The van der Waals surface area contributed by atoms with Crippen molar-refractivity contribution in [1.29, 1.82) is 0 Å². The number of rotatable bonds is 2. The van der Waals surface area contributed by atoms with Gasteiger partial charge in [-0.15, -0.1) is 5.10 Å². The molecular weight excluding hydrogens is 287 g/mol. The van der Waals surface area contributed by atoms with Gasteiger partial charge >= 0.3 is 12.1 Å². The van der Waals surface area contributed by atoms with Gasteiger partial charge in [-0.1, -0.05) is 11.6 Å². The number of carbonyl (C=O) groups excluding carboxylic acids is 1. The van der Waals surface area contributed by atoms with Crippen LogP contribution in [0.25, 0.3) is 5.69 Å². The average molecular weight is 292 g/mol. The number of nitrogens with zero attached hydrogens (tertiary/aromatic N) is 4. The topological polar surface area (TPSA) is 72.7 Å². The van der Waals surface area contributed by atoms with E-state index in [1.54, 1.807) is 5.32 Å². The SMILES string of the molecule is O=C(Nc1cc(-n2cnnn2)ccc1Cl)C(F)(F)F. The normalized spacial score (nSPS) is 11.4. The molecule has 1 amide bonds. The first-order chi connectivity index (χ1) is 8.88. The van der Waals surface area contributed by atoms with Crippen LogP contribution in [0.4, 0.5) is 18.9 Å². The molecule has 0 fully saturated rings. The second-order valence-corrected chi connectivity index (χ2v) is 3.78. The summed E-state index contributed by atoms with van der Waals surface area (Å²) >= 11 is 5.71. The number of benzene rings is 1. The number of amides is 1. The van der Waals surface area contributed by atoms with Gasteiger partial charge in [0.05, 0.1) is 16.4 Å². The fraction of sp³-hybridized carbons (Fsp3) is 0.111. The molecule has 0 spiro atoms. The van der Waals surface area contributed by atoms with E-state index in [1.165, 1.54) is 29.2 Å². The van der Waals surface area contributed by atoms with Crippen molar-refractivity contribution >= 4 is 23.2 Å². The zero-order valence-corrected chi connectivity index (χ0v) is 9.77. The van der Waals surface area contributed by atoms with Crippen LogP contribution < -0.4 is 5.32 Å². The Labute approximate surface area is 109 Å². The molecule has 6 nitrogen and oxygen atoms in total. The molecule has 10 heteroatoms. The standard InChI is InChI=1S/C9H5ClF3N5O/c10-6-2-1-5(18-4-14-16-17-18)3-7(6)15-8(19)9(11,12)13/h1-4H,(H,15,19). The van der Waals surface area contributed by atoms with Crippen molar-refractivity contribution in [3.8, 4) is 5.69 Å². The molecule has 1 aromatic carbocycles. The molecule has 0 unspecified atom stereocenters. The summed E-state index contributed by atoms with van der Waals surface area (Å²) in [6.07, 6.45) is -3.74. The lowest BCUT2D eigenvalue weighted by Crippen LogP contribution is -2.30. The molecule has 0 aliphatic heterocycles. The summed E-state index contributed by atoms with van der Waals surface area (Å²) in [6.45, 7) is 0. The van der Waals surface area contributed by atoms with E-state index in [0.717, 1.165) is 0 Å². The second-order valence-electron chi connectivity index (χ2n) is 3.37. The van der Waals surface area contributed by atoms with E-state index < -0.39 is 12.1 Å². The molecule has 0 aliphatic rings. The number of nitrogens with one attached hydrogen (secondary N) is 1. The van der Waals surface area contributed by atoms with Crippen LogP contribution in [0.3, 0.4) is 0 Å². The largest absolute Gasteiger partial charge is 0.471 e. The average Bonchev–Trinajstić information content (AvgIpc) is 2.84. The van der Waals surface area contributed by atoms with Crippen molar-refractivity contribution in [2.45, 2.75) is 6.18 Å². The molecule has 0 atom stereocenters. The predicted octanol–water partition coefficient (Wildman–Crippen LogP) is 1.82. The number of anilines is 1. The molecule has 0 saturated carbocycles. The van der Waals surface area contributed by atoms with Crippen LogP contribution in [-0.2, 0) is 4.79 Å². The molecule has 0 aliphatic carbocycles. The van der Waals surface area contributed by atoms with Crippen LogP contribution in [0.5, 0.6) is 0 Å². The van der Waals surface area contributed by atoms with Gasteiger partial charge in [0.2, 0.25) is 0 Å². The number of carbonyl (C=O) groups is 1. The Balaban J connectivity index is 2.31. The van der Waals surface area contributed by atoms with Crippen molar-refractivity contribution in [3.63, 3.8) is 0 Å². The first kappa shape index (κ1) is 13.3. The van der Waals surface area contributed by atoms with E-state index in [2.05, 4.69) is 15.5 Å². The van der Waals surface area contributed by atoms with Crippen LogP contribution in [0.1, 0.15) is 0 Å². The Hall–Kier alpha value is -2.16. The van der Waals surface area contributed by atoms with E-state index in [4.69, 9.17) is 11.6 Å². The van der Waals surface area contributed by atoms with E-state index in [0.29, 0.717) is 5.69 Å². The second kappa shape index (κ2) is 4.84. The summed E-state index contributed by atoms with van der Waals surface area (Å²) in [6, 6.07) is 4.04. The summed E-state index contributed by atoms with van der Waals surface area (Å²) in [7, 11) is 0. The van der Waals surface area contributed by atoms with Crippen molar-refractivity contribution in [3.05, 3.63) is 29.5 Å². The number of alkyl halides is 3. The first-order valence-corrected chi connectivity index (χ1v) is 5.17. The molecule has 100 valence electrons. The Kier molecular flexibility index (Phi) is 3.38. The van der Waals surface area contributed by atoms with Gasteiger partial charge in [-0.05, 0) is 28.6 Å². The maximum atomic E-state index is 12.1. The monoisotopic (exact) mass is 291 g/mol. The lowest BCUT2D eigenvalue weighted by atomic mass is 10.2. The number of hydrogen-bond donors (Lipinski definition) is 1. The molecule has 0 bridgehead atoms. The van der Waals surface area contributed by atoms with Gasteiger partial charge in [-0.3, -0.25) is 4.79 Å². The zero-order chi connectivity index (χ0) is 14.0. The third kappa shape index (κ3) is 2.99. The van der Waals surface area contributed by atoms with E-state index >= 15 is 0 Å². The van der Waals surface area contributed by atoms with Crippen LogP contribution in [0.15, 0.2) is 24.5 Å². The maximum absolute atomic E-state index is 12.1. The highest BCUT2D eigenvalue weighted by Crippen LogP contribution is 2.26. The van der Waals surface area contributed by atoms with Gasteiger partial charge in [0.1, 0.15) is 6.33 Å². The molecule has 19 heavy (non-hydrogen) atoms. The van der Waals surface area contributed by atoms with Crippen LogP contribution in [0.2, 0.25) is 5.02 Å². The summed E-state index contributed by atoms with van der Waals surface area (Å²) in [5.74, 6) is -2.11. The van der Waals surface area contributed by atoms with Gasteiger partial charge in [-0.25, -0.2) is 4.68 Å². The molecular formula is C9H5ClF3N5O. The molecule has 1 heterocycles. The molecule has 1 aromatic heterocycles. The van der Waals surface area contributed by atoms with Crippen molar-refractivity contribution in [1.82, 2.24) is 20.2 Å².